The van der Waals surface area contributed by atoms with Gasteiger partial charge in [-0.15, -0.1) is 0 Å². The number of carbonyl (C=O) groups is 1. The fraction of sp³-hybridized carbons (Fsp3) is 0.900. The summed E-state index contributed by atoms with van der Waals surface area (Å²) in [6.07, 6.45) is 0. The first-order chi connectivity index (χ1) is 6.47. The molecule has 0 aromatic heterocycles. The van der Waals surface area contributed by atoms with Gasteiger partial charge in [0.2, 0.25) is 5.91 Å². The Labute approximate surface area is 86.1 Å². The third-order valence-corrected chi connectivity index (χ3v) is 1.98. The van der Waals surface area contributed by atoms with Gasteiger partial charge in [-0.2, -0.15) is 0 Å². The smallest absolute Gasteiger partial charge is 0.234 e. The summed E-state index contributed by atoms with van der Waals surface area (Å²) in [5.41, 5.74) is 0. The second-order valence-corrected chi connectivity index (χ2v) is 4.14. The lowest BCUT2D eigenvalue weighted by Gasteiger charge is -2.19. The third-order valence-electron chi connectivity index (χ3n) is 1.98. The number of amides is 1. The van der Waals surface area contributed by atoms with Gasteiger partial charge in [0.1, 0.15) is 0 Å². The van der Waals surface area contributed by atoms with E-state index in [4.69, 9.17) is 5.11 Å². The van der Waals surface area contributed by atoms with Gasteiger partial charge < -0.3 is 15.7 Å². The molecule has 84 valence electrons. The highest BCUT2D eigenvalue weighted by atomic mass is 16.3. The van der Waals surface area contributed by atoms with Crippen LogP contribution in [0.15, 0.2) is 0 Å². The zero-order valence-corrected chi connectivity index (χ0v) is 9.50. The molecular formula is C10H22N2O2. The van der Waals surface area contributed by atoms with Crippen LogP contribution in [0.4, 0.5) is 0 Å². The minimum Gasteiger partial charge on any atom is -0.395 e. The van der Waals surface area contributed by atoms with E-state index in [1.54, 1.807) is 0 Å². The Morgan fingerprint density at radius 1 is 1.29 bits per heavy atom. The molecule has 14 heavy (non-hydrogen) atoms. The lowest BCUT2D eigenvalue weighted by atomic mass is 10.1. The summed E-state index contributed by atoms with van der Waals surface area (Å²) in [5, 5.41) is 14.8. The SMILES string of the molecule is CC(C)NC(=O)CNC(CO)C(C)C. The number of aliphatic hydroxyl groups is 1. The largest absolute Gasteiger partial charge is 0.395 e. The van der Waals surface area contributed by atoms with Crippen molar-refractivity contribution in [1.82, 2.24) is 10.6 Å². The van der Waals surface area contributed by atoms with Gasteiger partial charge in [-0.25, -0.2) is 0 Å². The van der Waals surface area contributed by atoms with Crippen molar-refractivity contribution in [3.63, 3.8) is 0 Å². The molecule has 1 amide bonds. The Hall–Kier alpha value is -0.610. The monoisotopic (exact) mass is 202 g/mol. The molecule has 0 aromatic rings. The number of carbonyl (C=O) groups excluding carboxylic acids is 1. The molecule has 0 heterocycles. The van der Waals surface area contributed by atoms with Gasteiger partial charge in [0.05, 0.1) is 13.2 Å². The number of hydrogen-bond acceptors (Lipinski definition) is 3. The quantitative estimate of drug-likeness (QED) is 0.573. The molecule has 0 rings (SSSR count). The zero-order chi connectivity index (χ0) is 11.1. The average molecular weight is 202 g/mol. The maximum atomic E-state index is 11.2. The maximum absolute atomic E-state index is 11.2. The molecule has 4 heteroatoms. The van der Waals surface area contributed by atoms with Crippen LogP contribution in [0.1, 0.15) is 27.7 Å². The Balaban J connectivity index is 3.74. The lowest BCUT2D eigenvalue weighted by Crippen LogP contribution is -2.44. The van der Waals surface area contributed by atoms with E-state index in [2.05, 4.69) is 10.6 Å². The Kier molecular flexibility index (Phi) is 6.49. The molecule has 0 aliphatic heterocycles. The molecule has 0 saturated heterocycles. The molecule has 0 fully saturated rings. The van der Waals surface area contributed by atoms with Crippen LogP contribution < -0.4 is 10.6 Å². The summed E-state index contributed by atoms with van der Waals surface area (Å²) in [6, 6.07) is 0.156. The van der Waals surface area contributed by atoms with E-state index in [0.717, 1.165) is 0 Å². The topological polar surface area (TPSA) is 61.4 Å². The first kappa shape index (κ1) is 13.4. The molecule has 0 bridgehead atoms. The van der Waals surface area contributed by atoms with Gasteiger partial charge in [0, 0.05) is 12.1 Å². The van der Waals surface area contributed by atoms with Crippen LogP contribution in [0, 0.1) is 5.92 Å². The average Bonchev–Trinajstić information content (AvgIpc) is 2.03. The van der Waals surface area contributed by atoms with E-state index in [-0.39, 0.29) is 31.1 Å². The molecular weight excluding hydrogens is 180 g/mol. The first-order valence-corrected chi connectivity index (χ1v) is 5.11. The molecule has 3 N–H and O–H groups in total. The second-order valence-electron chi connectivity index (χ2n) is 4.14. The van der Waals surface area contributed by atoms with Gasteiger partial charge in [0.15, 0.2) is 0 Å². The van der Waals surface area contributed by atoms with Gasteiger partial charge >= 0.3 is 0 Å². The fourth-order valence-electron chi connectivity index (χ4n) is 1.11. The highest BCUT2D eigenvalue weighted by Crippen LogP contribution is 1.99. The third kappa shape index (κ3) is 5.94. The summed E-state index contributed by atoms with van der Waals surface area (Å²) in [7, 11) is 0. The van der Waals surface area contributed by atoms with E-state index in [9.17, 15) is 4.79 Å². The van der Waals surface area contributed by atoms with Gasteiger partial charge in [-0.3, -0.25) is 4.79 Å². The first-order valence-electron chi connectivity index (χ1n) is 5.11. The normalized spacial score (nSPS) is 13.4. The highest BCUT2D eigenvalue weighted by Gasteiger charge is 2.12. The van der Waals surface area contributed by atoms with E-state index in [1.807, 2.05) is 27.7 Å². The van der Waals surface area contributed by atoms with Crippen LogP contribution in [-0.4, -0.2) is 36.2 Å². The van der Waals surface area contributed by atoms with Crippen LogP contribution in [0.3, 0.4) is 0 Å². The highest BCUT2D eigenvalue weighted by molar-refractivity contribution is 5.78. The van der Waals surface area contributed by atoms with Crippen LogP contribution >= 0.6 is 0 Å². The van der Waals surface area contributed by atoms with Crippen LogP contribution in [-0.2, 0) is 4.79 Å². The van der Waals surface area contributed by atoms with Crippen molar-refractivity contribution in [2.24, 2.45) is 5.92 Å². The lowest BCUT2D eigenvalue weighted by molar-refractivity contribution is -0.120. The molecule has 0 aliphatic carbocycles. The van der Waals surface area contributed by atoms with Crippen molar-refractivity contribution in [2.75, 3.05) is 13.2 Å². The summed E-state index contributed by atoms with van der Waals surface area (Å²) in [6.45, 7) is 8.18. The van der Waals surface area contributed by atoms with Crippen molar-refractivity contribution in [3.8, 4) is 0 Å². The summed E-state index contributed by atoms with van der Waals surface area (Å²) in [5.74, 6) is 0.297. The van der Waals surface area contributed by atoms with Crippen LogP contribution in [0.5, 0.6) is 0 Å². The van der Waals surface area contributed by atoms with Crippen molar-refractivity contribution in [1.29, 1.82) is 0 Å². The van der Waals surface area contributed by atoms with Crippen LogP contribution in [0.2, 0.25) is 0 Å². The van der Waals surface area contributed by atoms with Crippen molar-refractivity contribution in [2.45, 2.75) is 39.8 Å². The second kappa shape index (κ2) is 6.79. The molecule has 0 radical (unpaired) electrons. The molecule has 0 saturated carbocycles. The number of rotatable bonds is 6. The molecule has 0 aromatic carbocycles. The van der Waals surface area contributed by atoms with Crippen molar-refractivity contribution in [3.05, 3.63) is 0 Å². The van der Waals surface area contributed by atoms with E-state index in [0.29, 0.717) is 5.92 Å². The molecule has 0 spiro atoms. The molecule has 4 nitrogen and oxygen atoms in total. The number of aliphatic hydroxyl groups excluding tert-OH is 1. The Bertz CT molecular complexity index is 170. The van der Waals surface area contributed by atoms with Gasteiger partial charge in [-0.1, -0.05) is 13.8 Å². The zero-order valence-electron chi connectivity index (χ0n) is 9.50. The minimum atomic E-state index is -0.0286. The van der Waals surface area contributed by atoms with Gasteiger partial charge in [-0.05, 0) is 19.8 Å². The predicted octanol–water partition coefficient (Wildman–Crippen LogP) is 0.118. The van der Waals surface area contributed by atoms with E-state index >= 15 is 0 Å². The Morgan fingerprint density at radius 3 is 2.21 bits per heavy atom. The summed E-state index contributed by atoms with van der Waals surface area (Å²) < 4.78 is 0. The standard InChI is InChI=1S/C10H22N2O2/c1-7(2)9(6-13)11-5-10(14)12-8(3)4/h7-9,11,13H,5-6H2,1-4H3,(H,12,14). The fourth-order valence-corrected chi connectivity index (χ4v) is 1.11. The Morgan fingerprint density at radius 2 is 1.86 bits per heavy atom. The van der Waals surface area contributed by atoms with E-state index in [1.165, 1.54) is 0 Å². The number of hydrogen-bond donors (Lipinski definition) is 3. The van der Waals surface area contributed by atoms with Crippen molar-refractivity contribution < 1.29 is 9.90 Å². The predicted molar refractivity (Wildman–Crippen MR) is 57.0 cm³/mol. The maximum Gasteiger partial charge on any atom is 0.234 e. The van der Waals surface area contributed by atoms with Crippen molar-refractivity contribution >= 4 is 5.91 Å². The van der Waals surface area contributed by atoms with Gasteiger partial charge in [0.25, 0.3) is 0 Å². The summed E-state index contributed by atoms with van der Waals surface area (Å²) >= 11 is 0. The minimum absolute atomic E-state index is 0.00656. The van der Waals surface area contributed by atoms with E-state index < -0.39 is 0 Å². The molecule has 1 atom stereocenters. The molecule has 1 unspecified atom stereocenters. The number of nitrogens with one attached hydrogen (secondary N) is 2. The molecule has 0 aliphatic rings. The summed E-state index contributed by atoms with van der Waals surface area (Å²) in [4.78, 5) is 11.2. The van der Waals surface area contributed by atoms with Crippen LogP contribution in [0.25, 0.3) is 0 Å².